The van der Waals surface area contributed by atoms with Crippen molar-refractivity contribution >= 4 is 39.5 Å². The molecule has 2 amide bonds. The van der Waals surface area contributed by atoms with Crippen LogP contribution in [0.2, 0.25) is 0 Å². The lowest BCUT2D eigenvalue weighted by Crippen LogP contribution is -2.45. The summed E-state index contributed by atoms with van der Waals surface area (Å²) in [6, 6.07) is 10.7. The lowest BCUT2D eigenvalue weighted by Gasteiger charge is -2.25. The van der Waals surface area contributed by atoms with Crippen molar-refractivity contribution in [2.45, 2.75) is 69.4 Å². The third kappa shape index (κ3) is 10.2. The van der Waals surface area contributed by atoms with Crippen LogP contribution >= 0.6 is 0 Å². The fraction of sp³-hybridized carbons (Fsp3) is 0.407. The number of nitrogens with one attached hydrogen (secondary N) is 2. The van der Waals surface area contributed by atoms with Crippen LogP contribution in [0.4, 0.5) is 10.5 Å². The van der Waals surface area contributed by atoms with E-state index in [0.29, 0.717) is 5.69 Å². The average Bonchev–Trinajstić information content (AvgIpc) is 2.83. The number of esters is 1. The van der Waals surface area contributed by atoms with Crippen LogP contribution in [0.3, 0.4) is 0 Å². The highest BCUT2D eigenvalue weighted by molar-refractivity contribution is 7.91. The normalized spacial score (nSPS) is 12.9. The number of carbonyl (C=O) groups is 3. The van der Waals surface area contributed by atoms with Gasteiger partial charge in [-0.3, -0.25) is 9.79 Å². The van der Waals surface area contributed by atoms with Crippen LogP contribution in [-0.2, 0) is 28.9 Å². The first-order valence-corrected chi connectivity index (χ1v) is 14.1. The van der Waals surface area contributed by atoms with Gasteiger partial charge in [0.1, 0.15) is 11.6 Å². The maximum absolute atomic E-state index is 13.7. The van der Waals surface area contributed by atoms with Gasteiger partial charge in [-0.1, -0.05) is 29.8 Å². The fourth-order valence-corrected chi connectivity index (χ4v) is 4.98. The Morgan fingerprint density at radius 3 is 2.12 bits per heavy atom. The number of carbonyl (C=O) groups excluding carboxylic acids is 3. The molecule has 1 unspecified atom stereocenters. The third-order valence-corrected chi connectivity index (χ3v) is 7.14. The predicted molar refractivity (Wildman–Crippen MR) is 151 cm³/mol. The molecule has 0 aromatic heterocycles. The van der Waals surface area contributed by atoms with E-state index >= 15 is 0 Å². The number of alkyl carbamates (subject to hydrolysis) is 1. The van der Waals surface area contributed by atoms with Crippen LogP contribution in [0.5, 0.6) is 0 Å². The Hall–Kier alpha value is -4.13. The van der Waals surface area contributed by atoms with E-state index in [1.54, 1.807) is 32.9 Å². The monoisotopic (exact) mass is 575 g/mol. The molecule has 0 spiro atoms. The molecule has 0 aliphatic carbocycles. The molecule has 40 heavy (non-hydrogen) atoms. The number of hydrogen-bond acceptors (Lipinski definition) is 8. The van der Waals surface area contributed by atoms with Gasteiger partial charge in [-0.25, -0.2) is 18.0 Å². The van der Waals surface area contributed by atoms with Gasteiger partial charge in [0, 0.05) is 24.7 Å². The molecular weight excluding hydrogens is 538 g/mol. The second kappa shape index (κ2) is 13.8. The summed E-state index contributed by atoms with van der Waals surface area (Å²) in [6.45, 7) is 8.29. The molecule has 2 aromatic rings. The van der Waals surface area contributed by atoms with Crippen molar-refractivity contribution in [2.24, 2.45) is 16.5 Å². The molecule has 218 valence electrons. The lowest BCUT2D eigenvalue weighted by atomic mass is 10.1. The molecule has 0 radical (unpaired) electrons. The van der Waals surface area contributed by atoms with Gasteiger partial charge in [0.25, 0.3) is 0 Å². The first kappa shape index (κ1) is 32.1. The summed E-state index contributed by atoms with van der Waals surface area (Å²) < 4.78 is 38.3. The number of anilines is 1. The van der Waals surface area contributed by atoms with Crippen molar-refractivity contribution in [1.29, 1.82) is 0 Å². The maximum Gasteiger partial charge on any atom is 0.408 e. The highest BCUT2D eigenvalue weighted by atomic mass is 32.2. The zero-order valence-electron chi connectivity index (χ0n) is 23.3. The molecule has 13 heteroatoms. The molecule has 12 nitrogen and oxygen atoms in total. The van der Waals surface area contributed by atoms with Gasteiger partial charge >= 0.3 is 12.1 Å². The molecule has 0 fully saturated rings. The first-order chi connectivity index (χ1) is 18.6. The number of hydrogen-bond donors (Lipinski definition) is 4. The maximum atomic E-state index is 13.7. The molecule has 0 bridgehead atoms. The zero-order chi connectivity index (χ0) is 30.1. The second-order valence-corrected chi connectivity index (χ2v) is 12.1. The van der Waals surface area contributed by atoms with Crippen LogP contribution in [0.25, 0.3) is 0 Å². The largest absolute Gasteiger partial charge is 0.444 e. The quantitative estimate of drug-likeness (QED) is 0.135. The third-order valence-electron chi connectivity index (χ3n) is 5.28. The van der Waals surface area contributed by atoms with Gasteiger partial charge < -0.3 is 31.6 Å². The number of rotatable bonds is 11. The van der Waals surface area contributed by atoms with Crippen molar-refractivity contribution < 1.29 is 32.3 Å². The first-order valence-electron chi connectivity index (χ1n) is 12.5. The number of guanidine groups is 1. The number of ether oxygens (including phenoxy) is 2. The number of nitrogens with two attached hydrogens (primary N) is 2. The van der Waals surface area contributed by atoms with E-state index in [2.05, 4.69) is 15.6 Å². The molecule has 2 aromatic carbocycles. The van der Waals surface area contributed by atoms with Gasteiger partial charge in [-0.05, 0) is 64.8 Å². The number of sulfone groups is 1. The van der Waals surface area contributed by atoms with Gasteiger partial charge in [-0.2, -0.15) is 0 Å². The highest BCUT2D eigenvalue weighted by Gasteiger charge is 2.36. The van der Waals surface area contributed by atoms with Crippen LogP contribution < -0.4 is 22.1 Å². The highest BCUT2D eigenvalue weighted by Crippen LogP contribution is 2.32. The molecule has 0 heterocycles. The van der Waals surface area contributed by atoms with E-state index in [-0.39, 0.29) is 41.7 Å². The summed E-state index contributed by atoms with van der Waals surface area (Å²) in [4.78, 5) is 41.1. The Bertz CT molecular complexity index is 1310. The van der Waals surface area contributed by atoms with Crippen LogP contribution in [0.15, 0.2) is 58.4 Å². The average molecular weight is 576 g/mol. The molecule has 6 N–H and O–H groups in total. The molecule has 2 rings (SSSR count). The van der Waals surface area contributed by atoms with Crippen molar-refractivity contribution in [1.82, 2.24) is 5.32 Å². The molecular formula is C27H37N5O7S. The van der Waals surface area contributed by atoms with E-state index in [1.165, 1.54) is 43.3 Å². The molecule has 0 aliphatic rings. The van der Waals surface area contributed by atoms with Gasteiger partial charge in [0.15, 0.2) is 5.96 Å². The molecule has 0 saturated heterocycles. The van der Waals surface area contributed by atoms with Crippen molar-refractivity contribution in [2.75, 3.05) is 11.9 Å². The summed E-state index contributed by atoms with van der Waals surface area (Å²) >= 11 is 0. The number of amides is 2. The number of nitrogens with zero attached hydrogens (tertiary/aromatic N) is 1. The molecule has 0 saturated carbocycles. The SMILES string of the molecule is CC(=O)Nc1ccc(C(OC(=O)[C@H](CCCN=C(N)N)NC(=O)OC(C)(C)C)S(=O)(=O)c2ccc(C)cc2)cc1. The van der Waals surface area contributed by atoms with E-state index in [1.807, 2.05) is 6.92 Å². The lowest BCUT2D eigenvalue weighted by molar-refractivity contribution is -0.148. The topological polar surface area (TPSA) is 192 Å². The van der Waals surface area contributed by atoms with E-state index in [4.69, 9.17) is 20.9 Å². The van der Waals surface area contributed by atoms with Crippen molar-refractivity contribution in [3.63, 3.8) is 0 Å². The Labute approximate surface area is 234 Å². The Morgan fingerprint density at radius 1 is 1.00 bits per heavy atom. The Kier molecular flexibility index (Phi) is 11.1. The van der Waals surface area contributed by atoms with Crippen molar-refractivity contribution in [3.05, 3.63) is 59.7 Å². The van der Waals surface area contributed by atoms with E-state index < -0.39 is 39.0 Å². The van der Waals surface area contributed by atoms with Gasteiger partial charge in [0.2, 0.25) is 21.2 Å². The number of aliphatic imine (C=N–C) groups is 1. The number of aryl methyl sites for hydroxylation is 1. The van der Waals surface area contributed by atoms with Gasteiger partial charge in [0.05, 0.1) is 4.90 Å². The molecule has 2 atom stereocenters. The molecule has 0 aliphatic heterocycles. The summed E-state index contributed by atoms with van der Waals surface area (Å²) in [5, 5.41) is 5.06. The zero-order valence-corrected chi connectivity index (χ0v) is 24.1. The Morgan fingerprint density at radius 2 is 1.60 bits per heavy atom. The van der Waals surface area contributed by atoms with Crippen LogP contribution in [0.1, 0.15) is 57.1 Å². The van der Waals surface area contributed by atoms with E-state index in [9.17, 15) is 22.8 Å². The smallest absolute Gasteiger partial charge is 0.408 e. The minimum atomic E-state index is -4.26. The Balaban J connectivity index is 2.43. The number of benzene rings is 2. The minimum absolute atomic E-state index is 0.0353. The summed E-state index contributed by atoms with van der Waals surface area (Å²) in [5.41, 5.74) is 9.52. The van der Waals surface area contributed by atoms with Crippen molar-refractivity contribution in [3.8, 4) is 0 Å². The van der Waals surface area contributed by atoms with Crippen LogP contribution in [-0.4, -0.2) is 50.5 Å². The second-order valence-electron chi connectivity index (χ2n) is 10.1. The predicted octanol–water partition coefficient (Wildman–Crippen LogP) is 2.92. The fourth-order valence-electron chi connectivity index (χ4n) is 3.48. The summed E-state index contributed by atoms with van der Waals surface area (Å²) in [6.07, 6.45) is -0.573. The van der Waals surface area contributed by atoms with E-state index in [0.717, 1.165) is 5.56 Å². The van der Waals surface area contributed by atoms with Crippen LogP contribution in [0, 0.1) is 6.92 Å². The summed E-state index contributed by atoms with van der Waals surface area (Å²) in [5.74, 6) is -1.44. The standard InChI is InChI=1S/C27H37N5O7S/c1-17-8-14-21(15-9-17)40(36,37)24(19-10-12-20(13-11-19)31-18(2)33)38-23(34)22(7-6-16-30-25(28)29)32-26(35)39-27(3,4)5/h8-15,22,24H,6-7,16H2,1-5H3,(H,31,33)(H,32,35)(H4,28,29,30)/t22-,24?/m0/s1. The summed E-state index contributed by atoms with van der Waals surface area (Å²) in [7, 11) is -4.26. The van der Waals surface area contributed by atoms with Gasteiger partial charge in [-0.15, -0.1) is 0 Å². The minimum Gasteiger partial charge on any atom is -0.444 e.